The third-order valence-corrected chi connectivity index (χ3v) is 4.63. The maximum absolute atomic E-state index is 4.60. The lowest BCUT2D eigenvalue weighted by molar-refractivity contribution is 0.633. The summed E-state index contributed by atoms with van der Waals surface area (Å²) in [5, 5.41) is 14.6. The number of nitrogens with zero attached hydrogens (tertiary/aromatic N) is 4. The lowest BCUT2D eigenvalue weighted by Gasteiger charge is -2.12. The average Bonchev–Trinajstić information content (AvgIpc) is 3.13. The average molecular weight is 385 g/mol. The predicted octanol–water partition coefficient (Wildman–Crippen LogP) is 2.42. The topological polar surface area (TPSA) is 67.1 Å². The minimum Gasteiger partial charge on any atom is -0.357 e. The summed E-state index contributed by atoms with van der Waals surface area (Å²) in [6.45, 7) is 7.27. The molecule has 2 heterocycles. The van der Waals surface area contributed by atoms with Gasteiger partial charge in [0.25, 0.3) is 0 Å². The molecule has 2 N–H and O–H groups in total. The van der Waals surface area contributed by atoms with Crippen LogP contribution in [-0.4, -0.2) is 33.8 Å². The van der Waals surface area contributed by atoms with Gasteiger partial charge in [0.2, 0.25) is 0 Å². The maximum Gasteiger partial charge on any atom is 0.191 e. The molecule has 0 saturated heterocycles. The van der Waals surface area contributed by atoms with Crippen LogP contribution in [0.15, 0.2) is 27.2 Å². The fourth-order valence-electron chi connectivity index (χ4n) is 1.97. The van der Waals surface area contributed by atoms with Crippen LogP contribution in [-0.2, 0) is 19.5 Å². The van der Waals surface area contributed by atoms with Crippen molar-refractivity contribution in [1.82, 2.24) is 25.4 Å². The summed E-state index contributed by atoms with van der Waals surface area (Å²) in [4.78, 5) is 5.83. The molecule has 0 spiro atoms. The van der Waals surface area contributed by atoms with Gasteiger partial charge in [0, 0.05) is 30.9 Å². The van der Waals surface area contributed by atoms with Crippen molar-refractivity contribution in [2.24, 2.45) is 4.99 Å². The van der Waals surface area contributed by atoms with E-state index in [-0.39, 0.29) is 0 Å². The Kier molecular flexibility index (Phi) is 6.85. The highest BCUT2D eigenvalue weighted by atomic mass is 79.9. The quantitative estimate of drug-likeness (QED) is 0.568. The second kappa shape index (κ2) is 8.89. The van der Waals surface area contributed by atoms with Gasteiger partial charge < -0.3 is 15.2 Å². The van der Waals surface area contributed by atoms with Crippen LogP contribution in [0.4, 0.5) is 0 Å². The SMILES string of the molecule is CCNC(=NCc1ccc(Br)s1)NCCn1cnnc1CC. The van der Waals surface area contributed by atoms with E-state index in [0.717, 1.165) is 41.6 Å². The molecule has 120 valence electrons. The van der Waals surface area contributed by atoms with Crippen LogP contribution >= 0.6 is 27.3 Å². The molecule has 0 saturated carbocycles. The van der Waals surface area contributed by atoms with Gasteiger partial charge in [-0.05, 0) is 35.0 Å². The Bertz CT molecular complexity index is 606. The van der Waals surface area contributed by atoms with Gasteiger partial charge in [-0.2, -0.15) is 0 Å². The van der Waals surface area contributed by atoms with Gasteiger partial charge in [-0.3, -0.25) is 0 Å². The highest BCUT2D eigenvalue weighted by Gasteiger charge is 2.03. The van der Waals surface area contributed by atoms with Gasteiger partial charge in [0.05, 0.1) is 10.3 Å². The normalized spacial score (nSPS) is 11.7. The van der Waals surface area contributed by atoms with Crippen LogP contribution in [0.3, 0.4) is 0 Å². The van der Waals surface area contributed by atoms with Crippen LogP contribution in [0, 0.1) is 0 Å². The fraction of sp³-hybridized carbons (Fsp3) is 0.500. The summed E-state index contributed by atoms with van der Waals surface area (Å²) in [5.74, 6) is 1.84. The summed E-state index contributed by atoms with van der Waals surface area (Å²) in [7, 11) is 0. The van der Waals surface area contributed by atoms with Crippen LogP contribution in [0.5, 0.6) is 0 Å². The number of halogens is 1. The zero-order valence-electron chi connectivity index (χ0n) is 12.8. The Hall–Kier alpha value is -1.41. The first-order chi connectivity index (χ1) is 10.7. The summed E-state index contributed by atoms with van der Waals surface area (Å²) in [5.41, 5.74) is 0. The number of aliphatic imine (C=N–C) groups is 1. The number of aromatic nitrogens is 3. The maximum atomic E-state index is 4.60. The first-order valence-electron chi connectivity index (χ1n) is 7.36. The second-order valence-electron chi connectivity index (χ2n) is 4.62. The van der Waals surface area contributed by atoms with Gasteiger partial charge >= 0.3 is 0 Å². The molecule has 0 unspecified atom stereocenters. The Morgan fingerprint density at radius 2 is 2.23 bits per heavy atom. The molecule has 0 fully saturated rings. The van der Waals surface area contributed by atoms with Crippen molar-refractivity contribution in [1.29, 1.82) is 0 Å². The van der Waals surface area contributed by atoms with Crippen molar-refractivity contribution in [2.75, 3.05) is 13.1 Å². The van der Waals surface area contributed by atoms with E-state index in [0.29, 0.717) is 6.54 Å². The highest BCUT2D eigenvalue weighted by molar-refractivity contribution is 9.11. The van der Waals surface area contributed by atoms with E-state index in [1.807, 2.05) is 6.07 Å². The van der Waals surface area contributed by atoms with Crippen molar-refractivity contribution in [3.05, 3.63) is 32.9 Å². The minimum absolute atomic E-state index is 0.679. The molecule has 0 amide bonds. The number of hydrogen-bond donors (Lipinski definition) is 2. The number of guanidine groups is 1. The molecule has 0 atom stereocenters. The number of thiophene rings is 1. The smallest absolute Gasteiger partial charge is 0.191 e. The van der Waals surface area contributed by atoms with Crippen molar-refractivity contribution in [3.63, 3.8) is 0 Å². The van der Waals surface area contributed by atoms with Crippen molar-refractivity contribution in [2.45, 2.75) is 33.4 Å². The van der Waals surface area contributed by atoms with E-state index in [1.54, 1.807) is 17.7 Å². The van der Waals surface area contributed by atoms with Crippen LogP contribution in [0.1, 0.15) is 24.5 Å². The summed E-state index contributed by atoms with van der Waals surface area (Å²) >= 11 is 5.18. The molecule has 6 nitrogen and oxygen atoms in total. The first-order valence-corrected chi connectivity index (χ1v) is 8.97. The standard InChI is InChI=1S/C14H21BrN6S/c1-3-13-20-19-10-21(13)8-7-17-14(16-4-2)18-9-11-5-6-12(15)22-11/h5-6,10H,3-4,7-9H2,1-2H3,(H2,16,17,18). The summed E-state index contributed by atoms with van der Waals surface area (Å²) in [6, 6.07) is 4.14. The molecule has 2 aromatic rings. The molecule has 0 aliphatic rings. The van der Waals surface area contributed by atoms with Gasteiger partial charge in [-0.25, -0.2) is 4.99 Å². The predicted molar refractivity (Wildman–Crippen MR) is 94.2 cm³/mol. The molecule has 0 aliphatic heterocycles. The number of hydrogen-bond acceptors (Lipinski definition) is 4. The van der Waals surface area contributed by atoms with Gasteiger partial charge in [0.15, 0.2) is 5.96 Å². The van der Waals surface area contributed by atoms with Crippen LogP contribution in [0.25, 0.3) is 0 Å². The molecule has 8 heteroatoms. The molecular formula is C14H21BrN6S. The van der Waals surface area contributed by atoms with Crippen molar-refractivity contribution >= 4 is 33.2 Å². The van der Waals surface area contributed by atoms with Gasteiger partial charge in [0.1, 0.15) is 12.2 Å². The fourth-order valence-corrected chi connectivity index (χ4v) is 3.38. The summed E-state index contributed by atoms with van der Waals surface area (Å²) in [6.07, 6.45) is 2.66. The lowest BCUT2D eigenvalue weighted by atomic mass is 10.4. The molecular weight excluding hydrogens is 364 g/mol. The molecule has 2 rings (SSSR count). The Labute approximate surface area is 143 Å². The summed E-state index contributed by atoms with van der Waals surface area (Å²) < 4.78 is 3.20. The Balaban J connectivity index is 1.85. The molecule has 0 aromatic carbocycles. The molecule has 2 aromatic heterocycles. The Morgan fingerprint density at radius 1 is 1.36 bits per heavy atom. The second-order valence-corrected chi connectivity index (χ2v) is 7.17. The molecule has 0 radical (unpaired) electrons. The zero-order valence-corrected chi connectivity index (χ0v) is 15.2. The van der Waals surface area contributed by atoms with Gasteiger partial charge in [-0.15, -0.1) is 21.5 Å². The minimum atomic E-state index is 0.679. The van der Waals surface area contributed by atoms with Gasteiger partial charge in [-0.1, -0.05) is 6.92 Å². The van der Waals surface area contributed by atoms with E-state index in [2.05, 4.69) is 66.2 Å². The van der Waals surface area contributed by atoms with Crippen molar-refractivity contribution < 1.29 is 0 Å². The largest absolute Gasteiger partial charge is 0.357 e. The lowest BCUT2D eigenvalue weighted by Crippen LogP contribution is -2.38. The Morgan fingerprint density at radius 3 is 2.91 bits per heavy atom. The monoisotopic (exact) mass is 384 g/mol. The zero-order chi connectivity index (χ0) is 15.8. The molecule has 0 aliphatic carbocycles. The number of aryl methyl sites for hydroxylation is 1. The van der Waals surface area contributed by atoms with E-state index in [4.69, 9.17) is 0 Å². The van der Waals surface area contributed by atoms with E-state index < -0.39 is 0 Å². The third-order valence-electron chi connectivity index (χ3n) is 3.02. The molecule has 22 heavy (non-hydrogen) atoms. The highest BCUT2D eigenvalue weighted by Crippen LogP contribution is 2.22. The number of nitrogens with one attached hydrogen (secondary N) is 2. The first kappa shape index (κ1) is 17.0. The van der Waals surface area contributed by atoms with Crippen LogP contribution < -0.4 is 10.6 Å². The number of rotatable bonds is 7. The van der Waals surface area contributed by atoms with Crippen molar-refractivity contribution in [3.8, 4) is 0 Å². The van der Waals surface area contributed by atoms with Crippen LogP contribution in [0.2, 0.25) is 0 Å². The third kappa shape index (κ3) is 5.10. The van der Waals surface area contributed by atoms with E-state index >= 15 is 0 Å². The van der Waals surface area contributed by atoms with E-state index in [1.165, 1.54) is 4.88 Å². The molecule has 0 bridgehead atoms. The van der Waals surface area contributed by atoms with E-state index in [9.17, 15) is 0 Å².